The molecular formula is C14H18INO4. The fraction of sp³-hybridized carbons (Fsp3) is 0.714. The number of carbonyl (C=O) groups excluding carboxylic acids is 2. The number of allylic oxidation sites excluding steroid dienone is 1. The van der Waals surface area contributed by atoms with Crippen molar-refractivity contribution in [2.45, 2.75) is 42.3 Å². The maximum atomic E-state index is 12.5. The van der Waals surface area contributed by atoms with Gasteiger partial charge in [-0.3, -0.25) is 4.79 Å². The third kappa shape index (κ3) is 1.95. The molecule has 1 saturated carbocycles. The van der Waals surface area contributed by atoms with Crippen molar-refractivity contribution in [2.24, 2.45) is 11.3 Å². The lowest BCUT2D eigenvalue weighted by atomic mass is 9.63. The quantitative estimate of drug-likeness (QED) is 0.362. The summed E-state index contributed by atoms with van der Waals surface area (Å²) >= 11 is 2.31. The van der Waals surface area contributed by atoms with Crippen LogP contribution in [-0.4, -0.2) is 34.2 Å². The van der Waals surface area contributed by atoms with Crippen LogP contribution in [0.25, 0.3) is 0 Å². The minimum atomic E-state index is -0.543. The van der Waals surface area contributed by atoms with Gasteiger partial charge in [0.1, 0.15) is 0 Å². The predicted octanol–water partition coefficient (Wildman–Crippen LogP) is 2.84. The predicted molar refractivity (Wildman–Crippen MR) is 80.1 cm³/mol. The van der Waals surface area contributed by atoms with Gasteiger partial charge in [0.05, 0.1) is 16.4 Å². The highest BCUT2D eigenvalue weighted by Gasteiger charge is 2.58. The van der Waals surface area contributed by atoms with Crippen LogP contribution in [0.3, 0.4) is 0 Å². The van der Waals surface area contributed by atoms with Gasteiger partial charge in [-0.2, -0.15) is 0 Å². The van der Waals surface area contributed by atoms with Gasteiger partial charge in [0.2, 0.25) is 0 Å². The van der Waals surface area contributed by atoms with Gasteiger partial charge in [-0.25, -0.2) is 9.69 Å². The van der Waals surface area contributed by atoms with Crippen LogP contribution in [0.1, 0.15) is 32.1 Å². The van der Waals surface area contributed by atoms with E-state index in [1.807, 2.05) is 6.08 Å². The molecule has 2 aliphatic heterocycles. The van der Waals surface area contributed by atoms with E-state index < -0.39 is 12.3 Å². The number of amides is 1. The zero-order chi connectivity index (χ0) is 14.3. The molecule has 3 rings (SSSR count). The molecule has 1 saturated heterocycles. The van der Waals surface area contributed by atoms with Gasteiger partial charge in [0.25, 0.3) is 0 Å². The fourth-order valence-corrected chi connectivity index (χ4v) is 5.09. The minimum Gasteiger partial charge on any atom is -0.452 e. The van der Waals surface area contributed by atoms with E-state index in [2.05, 4.69) is 22.6 Å². The van der Waals surface area contributed by atoms with Crippen molar-refractivity contribution in [3.8, 4) is 0 Å². The molecule has 110 valence electrons. The molecule has 1 aliphatic carbocycles. The summed E-state index contributed by atoms with van der Waals surface area (Å²) in [6.45, 7) is 0. The molecule has 0 radical (unpaired) electrons. The molecule has 0 N–H and O–H groups in total. The van der Waals surface area contributed by atoms with Crippen molar-refractivity contribution in [1.29, 1.82) is 0 Å². The first-order valence-electron chi connectivity index (χ1n) is 7.00. The second-order valence-electron chi connectivity index (χ2n) is 5.70. The number of methoxy groups -OCH3 is 1. The number of hydrogen-bond donors (Lipinski definition) is 0. The van der Waals surface area contributed by atoms with Gasteiger partial charge < -0.3 is 9.47 Å². The molecule has 0 aromatic carbocycles. The van der Waals surface area contributed by atoms with Crippen LogP contribution < -0.4 is 0 Å². The molecule has 3 atom stereocenters. The molecule has 0 aromatic rings. The Morgan fingerprint density at radius 3 is 2.80 bits per heavy atom. The van der Waals surface area contributed by atoms with Crippen LogP contribution in [-0.2, 0) is 14.3 Å². The van der Waals surface area contributed by atoms with Gasteiger partial charge in [0.15, 0.2) is 6.23 Å². The molecule has 6 heteroatoms. The van der Waals surface area contributed by atoms with Gasteiger partial charge >= 0.3 is 12.1 Å². The molecular weight excluding hydrogens is 373 g/mol. The molecule has 20 heavy (non-hydrogen) atoms. The number of nitrogens with zero attached hydrogens (tertiary/aromatic N) is 1. The van der Waals surface area contributed by atoms with E-state index in [-0.39, 0.29) is 21.2 Å². The summed E-state index contributed by atoms with van der Waals surface area (Å²) in [5, 5.41) is 0. The summed E-state index contributed by atoms with van der Waals surface area (Å²) in [5.74, 6) is 0.00826. The Labute approximate surface area is 131 Å². The highest BCUT2D eigenvalue weighted by Crippen LogP contribution is 2.53. The van der Waals surface area contributed by atoms with E-state index in [9.17, 15) is 9.59 Å². The van der Waals surface area contributed by atoms with Crippen molar-refractivity contribution >= 4 is 34.7 Å². The van der Waals surface area contributed by atoms with Crippen molar-refractivity contribution in [1.82, 2.24) is 4.90 Å². The smallest absolute Gasteiger partial charge is 0.416 e. The summed E-state index contributed by atoms with van der Waals surface area (Å²) in [6.07, 6.45) is 7.82. The Bertz CT molecular complexity index is 458. The Kier molecular flexibility index (Phi) is 3.68. The lowest BCUT2D eigenvalue weighted by Crippen LogP contribution is -2.61. The number of ether oxygens (including phenoxy) is 2. The second-order valence-corrected chi connectivity index (χ2v) is 7.14. The summed E-state index contributed by atoms with van der Waals surface area (Å²) in [7, 11) is 1.33. The zero-order valence-electron chi connectivity index (χ0n) is 11.4. The van der Waals surface area contributed by atoms with Crippen molar-refractivity contribution < 1.29 is 19.1 Å². The van der Waals surface area contributed by atoms with E-state index in [1.165, 1.54) is 18.4 Å². The number of fused-ring (bicyclic) bond motifs is 3. The Morgan fingerprint density at radius 1 is 1.45 bits per heavy atom. The lowest BCUT2D eigenvalue weighted by molar-refractivity contribution is -0.187. The van der Waals surface area contributed by atoms with Crippen LogP contribution in [0.4, 0.5) is 4.79 Å². The molecule has 1 amide bonds. The molecule has 2 heterocycles. The first-order valence-corrected chi connectivity index (χ1v) is 8.24. The number of alkyl halides is 1. The number of hydrogen-bond acceptors (Lipinski definition) is 4. The Balaban J connectivity index is 1.95. The topological polar surface area (TPSA) is 55.8 Å². The van der Waals surface area contributed by atoms with Crippen LogP contribution in [0.2, 0.25) is 0 Å². The van der Waals surface area contributed by atoms with Crippen LogP contribution in [0.5, 0.6) is 0 Å². The van der Waals surface area contributed by atoms with Gasteiger partial charge in [-0.1, -0.05) is 47.9 Å². The van der Waals surface area contributed by atoms with Crippen LogP contribution in [0.15, 0.2) is 12.3 Å². The summed E-state index contributed by atoms with van der Waals surface area (Å²) in [5.41, 5.74) is -0.376. The van der Waals surface area contributed by atoms with Gasteiger partial charge in [0, 0.05) is 12.1 Å². The maximum Gasteiger partial charge on any atom is 0.416 e. The molecule has 5 nitrogen and oxygen atoms in total. The molecule has 2 fully saturated rings. The van der Waals surface area contributed by atoms with E-state index in [0.717, 1.165) is 25.7 Å². The third-order valence-electron chi connectivity index (χ3n) is 4.75. The molecule has 2 bridgehead atoms. The monoisotopic (exact) mass is 391 g/mol. The highest BCUT2D eigenvalue weighted by molar-refractivity contribution is 14.1. The van der Waals surface area contributed by atoms with Crippen molar-refractivity contribution in [2.75, 3.05) is 7.11 Å². The van der Waals surface area contributed by atoms with Crippen molar-refractivity contribution in [3.05, 3.63) is 12.3 Å². The molecule has 1 spiro atoms. The third-order valence-corrected chi connectivity index (χ3v) is 6.14. The summed E-state index contributed by atoms with van der Waals surface area (Å²) in [4.78, 5) is 25.7. The highest BCUT2D eigenvalue weighted by atomic mass is 127. The normalized spacial score (nSPS) is 34.8. The molecule has 3 aliphatic rings. The van der Waals surface area contributed by atoms with Gasteiger partial charge in [-0.05, 0) is 12.8 Å². The SMILES string of the molecule is COC(=O)N1C=C[C@@H]2C(I)[C@H]1OC(=O)C21CCCCC1. The van der Waals surface area contributed by atoms with E-state index in [4.69, 9.17) is 9.47 Å². The van der Waals surface area contributed by atoms with Gasteiger partial charge in [-0.15, -0.1) is 0 Å². The maximum absolute atomic E-state index is 12.5. The number of rotatable bonds is 0. The van der Waals surface area contributed by atoms with E-state index >= 15 is 0 Å². The average Bonchev–Trinajstić information content (AvgIpc) is 2.47. The first kappa shape index (κ1) is 14.2. The average molecular weight is 391 g/mol. The van der Waals surface area contributed by atoms with Crippen molar-refractivity contribution in [3.63, 3.8) is 0 Å². The Morgan fingerprint density at radius 2 is 2.15 bits per heavy atom. The number of halogens is 1. The molecule has 0 aromatic heterocycles. The van der Waals surface area contributed by atoms with E-state index in [0.29, 0.717) is 0 Å². The lowest BCUT2D eigenvalue weighted by Gasteiger charge is -2.51. The number of carbonyl (C=O) groups is 2. The van der Waals surface area contributed by atoms with E-state index in [1.54, 1.807) is 6.20 Å². The second kappa shape index (κ2) is 5.20. The number of esters is 1. The zero-order valence-corrected chi connectivity index (χ0v) is 13.5. The summed E-state index contributed by atoms with van der Waals surface area (Å²) in [6, 6.07) is 0. The van der Waals surface area contributed by atoms with Crippen LogP contribution >= 0.6 is 22.6 Å². The standard InChI is InChI=1S/C14H18INO4/c1-19-13(18)16-8-5-9-10(15)11(16)20-12(17)14(9)6-3-2-4-7-14/h5,8-11H,2-4,6-7H2,1H3/t9-,10?,11-/m1/s1. The first-order chi connectivity index (χ1) is 9.60. The largest absolute Gasteiger partial charge is 0.452 e. The Hall–Kier alpha value is -0.790. The fourth-order valence-electron chi connectivity index (χ4n) is 3.67. The minimum absolute atomic E-state index is 0.0764. The molecule has 1 unspecified atom stereocenters. The summed E-state index contributed by atoms with van der Waals surface area (Å²) < 4.78 is 10.4. The van der Waals surface area contributed by atoms with Crippen LogP contribution in [0, 0.1) is 11.3 Å².